The number of aliphatic hydroxyl groups excluding tert-OH is 1. The lowest BCUT2D eigenvalue weighted by Crippen LogP contribution is -2.60. The Hall–Kier alpha value is -1.97. The normalized spacial score (nSPS) is 31.3. The van der Waals surface area contributed by atoms with E-state index in [-0.39, 0.29) is 34.6 Å². The van der Waals surface area contributed by atoms with Crippen LogP contribution in [0.2, 0.25) is 0 Å². The summed E-state index contributed by atoms with van der Waals surface area (Å²) < 4.78 is 6.58. The van der Waals surface area contributed by atoms with E-state index in [4.69, 9.17) is 4.74 Å². The zero-order valence-corrected chi connectivity index (χ0v) is 24.9. The summed E-state index contributed by atoms with van der Waals surface area (Å²) in [6.07, 6.45) is 1.40. The van der Waals surface area contributed by atoms with Crippen molar-refractivity contribution >= 4 is 33.7 Å². The number of rotatable bonds is 9. The fraction of sp³-hybridized carbons (Fsp3) is 0.690. The first kappa shape index (κ1) is 29.0. The van der Waals surface area contributed by atoms with Crippen LogP contribution in [0.5, 0.6) is 0 Å². The first-order valence-corrected chi connectivity index (χ1v) is 14.6. The highest BCUT2D eigenvalue weighted by molar-refractivity contribution is 9.09. The number of alkyl halides is 1. The molecule has 3 fully saturated rings. The molecule has 210 valence electrons. The lowest BCUT2D eigenvalue weighted by molar-refractivity contribution is -0.146. The van der Waals surface area contributed by atoms with E-state index in [2.05, 4.69) is 47.3 Å². The summed E-state index contributed by atoms with van der Waals surface area (Å²) in [5.74, 6) is -2.39. The number of amides is 3. The smallest absolute Gasteiger partial charge is 0.246 e. The highest BCUT2D eigenvalue weighted by Gasteiger charge is 2.77. The fourth-order valence-electron chi connectivity index (χ4n) is 7.17. The summed E-state index contributed by atoms with van der Waals surface area (Å²) in [6.45, 7) is 12.4. The summed E-state index contributed by atoms with van der Waals surface area (Å²) in [5.41, 5.74) is -1.04. The molecule has 2 bridgehead atoms. The number of ether oxygens (including phenoxy) is 1. The van der Waals surface area contributed by atoms with E-state index in [9.17, 15) is 19.5 Å². The SMILES string of the molecule is CCCNC(=O)[C@H]1[C@@H]2OC3(CC2Br)C(C(=O)NC(C)(C)CC(C)(C)C)N([C@H](CO)c2ccccc2)C(=O)[C@H]13. The minimum absolute atomic E-state index is 0.0355. The van der Waals surface area contributed by atoms with Crippen LogP contribution in [0.15, 0.2) is 30.3 Å². The number of likely N-dealkylation sites (tertiary alicyclic amines) is 1. The molecular formula is C29H42BrN3O5. The van der Waals surface area contributed by atoms with E-state index >= 15 is 0 Å². The van der Waals surface area contributed by atoms with Gasteiger partial charge in [0.25, 0.3) is 0 Å². The van der Waals surface area contributed by atoms with E-state index < -0.39 is 41.2 Å². The van der Waals surface area contributed by atoms with Gasteiger partial charge in [-0.15, -0.1) is 0 Å². The van der Waals surface area contributed by atoms with Crippen LogP contribution in [0.4, 0.5) is 0 Å². The summed E-state index contributed by atoms with van der Waals surface area (Å²) in [7, 11) is 0. The van der Waals surface area contributed by atoms with E-state index in [1.54, 1.807) is 0 Å². The molecule has 3 amide bonds. The summed E-state index contributed by atoms with van der Waals surface area (Å²) in [4.78, 5) is 43.3. The van der Waals surface area contributed by atoms with Crippen molar-refractivity contribution in [2.75, 3.05) is 13.2 Å². The maximum absolute atomic E-state index is 14.3. The first-order valence-electron chi connectivity index (χ1n) is 13.7. The van der Waals surface area contributed by atoms with Crippen LogP contribution < -0.4 is 10.6 Å². The Morgan fingerprint density at radius 3 is 2.42 bits per heavy atom. The average Bonchev–Trinajstić information content (AvgIpc) is 3.40. The molecule has 8 nitrogen and oxygen atoms in total. The molecule has 3 N–H and O–H groups in total. The number of benzene rings is 1. The van der Waals surface area contributed by atoms with Crippen molar-refractivity contribution in [1.29, 1.82) is 0 Å². The average molecular weight is 593 g/mol. The Morgan fingerprint density at radius 1 is 1.18 bits per heavy atom. The van der Waals surface area contributed by atoms with Crippen LogP contribution in [0.25, 0.3) is 0 Å². The van der Waals surface area contributed by atoms with Gasteiger partial charge < -0.3 is 25.4 Å². The molecule has 1 spiro atoms. The maximum atomic E-state index is 14.3. The van der Waals surface area contributed by atoms with Crippen molar-refractivity contribution in [2.24, 2.45) is 17.3 Å². The second-order valence-corrected chi connectivity index (χ2v) is 14.1. The summed E-state index contributed by atoms with van der Waals surface area (Å²) in [5, 5.41) is 16.7. The summed E-state index contributed by atoms with van der Waals surface area (Å²) >= 11 is 3.70. The third-order valence-corrected chi connectivity index (χ3v) is 8.80. The molecule has 38 heavy (non-hydrogen) atoms. The number of hydrogen-bond acceptors (Lipinski definition) is 5. The van der Waals surface area contributed by atoms with Gasteiger partial charge in [-0.25, -0.2) is 0 Å². The highest BCUT2D eigenvalue weighted by Crippen LogP contribution is 2.61. The van der Waals surface area contributed by atoms with E-state index in [0.717, 1.165) is 18.4 Å². The van der Waals surface area contributed by atoms with Gasteiger partial charge in [0, 0.05) is 16.9 Å². The number of carbonyl (C=O) groups is 3. The van der Waals surface area contributed by atoms with Gasteiger partial charge in [-0.1, -0.05) is 74.0 Å². The van der Waals surface area contributed by atoms with Crippen molar-refractivity contribution in [2.45, 2.75) is 95.0 Å². The van der Waals surface area contributed by atoms with Gasteiger partial charge in [0.05, 0.1) is 30.6 Å². The predicted octanol–water partition coefficient (Wildman–Crippen LogP) is 3.33. The summed E-state index contributed by atoms with van der Waals surface area (Å²) in [6, 6.07) is 7.50. The highest BCUT2D eigenvalue weighted by atomic mass is 79.9. The van der Waals surface area contributed by atoms with E-state index in [1.807, 2.05) is 51.1 Å². The first-order chi connectivity index (χ1) is 17.8. The lowest BCUT2D eigenvalue weighted by Gasteiger charge is -2.40. The molecule has 3 saturated heterocycles. The minimum Gasteiger partial charge on any atom is -0.394 e. The predicted molar refractivity (Wildman–Crippen MR) is 148 cm³/mol. The molecule has 3 unspecified atom stereocenters. The van der Waals surface area contributed by atoms with Crippen LogP contribution >= 0.6 is 15.9 Å². The molecule has 0 aromatic heterocycles. The molecule has 1 aromatic carbocycles. The van der Waals surface area contributed by atoms with Gasteiger partial charge in [-0.3, -0.25) is 14.4 Å². The molecule has 3 aliphatic heterocycles. The minimum atomic E-state index is -1.17. The van der Waals surface area contributed by atoms with Gasteiger partial charge in [0.15, 0.2) is 0 Å². The second-order valence-electron chi connectivity index (χ2n) is 12.9. The molecule has 9 heteroatoms. The third-order valence-electron chi connectivity index (χ3n) is 7.95. The van der Waals surface area contributed by atoms with Gasteiger partial charge in [-0.2, -0.15) is 0 Å². The molecule has 1 aromatic rings. The standard InChI is InChI=1S/C29H42BrN3O5/c1-7-13-31-24(35)20-21-26(37)33(19(15-34)17-11-9-8-10-12-17)23(29(21)14-18(30)22(20)38-29)25(36)32-28(5,6)16-27(2,3)4/h8-12,18-23,34H,7,13-16H2,1-6H3,(H,31,35)(H,32,36)/t18?,19-,20-,21+,22-,23?,29?/m1/s1. The van der Waals surface area contributed by atoms with Crippen LogP contribution in [0.3, 0.4) is 0 Å². The van der Waals surface area contributed by atoms with Crippen LogP contribution in [0, 0.1) is 17.3 Å². The molecule has 3 aliphatic rings. The van der Waals surface area contributed by atoms with Gasteiger partial charge in [0.2, 0.25) is 17.7 Å². The molecular weight excluding hydrogens is 550 g/mol. The zero-order valence-electron chi connectivity index (χ0n) is 23.3. The van der Waals surface area contributed by atoms with Crippen molar-refractivity contribution in [3.8, 4) is 0 Å². The van der Waals surface area contributed by atoms with Crippen molar-refractivity contribution < 1.29 is 24.2 Å². The number of hydrogen-bond donors (Lipinski definition) is 3. The molecule has 0 aliphatic carbocycles. The van der Waals surface area contributed by atoms with Gasteiger partial charge in [-0.05, 0) is 44.1 Å². The molecule has 7 atom stereocenters. The van der Waals surface area contributed by atoms with Gasteiger partial charge in [0.1, 0.15) is 11.6 Å². The Labute approximate surface area is 234 Å². The topological polar surface area (TPSA) is 108 Å². The fourth-order valence-corrected chi connectivity index (χ4v) is 8.11. The van der Waals surface area contributed by atoms with Crippen LogP contribution in [-0.2, 0) is 19.1 Å². The van der Waals surface area contributed by atoms with E-state index in [1.165, 1.54) is 4.90 Å². The second kappa shape index (κ2) is 10.5. The van der Waals surface area contributed by atoms with Crippen molar-refractivity contribution in [3.05, 3.63) is 35.9 Å². The Kier molecular flexibility index (Phi) is 8.05. The van der Waals surface area contributed by atoms with Crippen molar-refractivity contribution in [3.63, 3.8) is 0 Å². The number of aliphatic hydroxyl groups is 1. The van der Waals surface area contributed by atoms with E-state index in [0.29, 0.717) is 13.0 Å². The number of nitrogens with one attached hydrogen (secondary N) is 2. The quantitative estimate of drug-likeness (QED) is 0.382. The maximum Gasteiger partial charge on any atom is 0.246 e. The largest absolute Gasteiger partial charge is 0.394 e. The third kappa shape index (κ3) is 5.13. The number of halogens is 1. The monoisotopic (exact) mass is 591 g/mol. The van der Waals surface area contributed by atoms with Gasteiger partial charge >= 0.3 is 0 Å². The van der Waals surface area contributed by atoms with Crippen molar-refractivity contribution in [1.82, 2.24) is 15.5 Å². The molecule has 4 rings (SSSR count). The number of nitrogens with zero attached hydrogens (tertiary/aromatic N) is 1. The Balaban J connectivity index is 1.79. The number of fused-ring (bicyclic) bond motifs is 1. The molecule has 0 saturated carbocycles. The number of carbonyl (C=O) groups excluding carboxylic acids is 3. The van der Waals surface area contributed by atoms with Crippen LogP contribution in [0.1, 0.15) is 72.4 Å². The molecule has 3 heterocycles. The van der Waals surface area contributed by atoms with Crippen LogP contribution in [-0.4, -0.2) is 69.0 Å². The Morgan fingerprint density at radius 2 is 1.84 bits per heavy atom. The zero-order chi connectivity index (χ0) is 28.0. The Bertz CT molecular complexity index is 1060. The lowest BCUT2D eigenvalue weighted by atomic mass is 9.70. The molecule has 0 radical (unpaired) electrons.